The fraction of sp³-hybridized carbons (Fsp3) is 0.500. The standard InChI is InChI=1S/C30H38N2O3Si/c1-9-30(35)22-15-24-26-21(16-32(24)28(34)19(22)11-13-25(30)33)27(36(7,8)29(4,5)6)20-14-18(17(2)3)10-12-23(20)31-26/h10,12,14-15,17,35H,9,11,13,16H2,1-8H3. The van der Waals surface area contributed by atoms with Crippen LogP contribution in [0.3, 0.4) is 0 Å². The van der Waals surface area contributed by atoms with Crippen molar-refractivity contribution >= 4 is 29.9 Å². The summed E-state index contributed by atoms with van der Waals surface area (Å²) in [5.74, 6) is 0.209. The Labute approximate surface area is 214 Å². The first kappa shape index (κ1) is 25.1. The second kappa shape index (κ2) is 7.96. The van der Waals surface area contributed by atoms with Gasteiger partial charge in [0.25, 0.3) is 5.56 Å². The summed E-state index contributed by atoms with van der Waals surface area (Å²) in [6.45, 7) is 18.5. The second-order valence-corrected chi connectivity index (χ2v) is 17.8. The van der Waals surface area contributed by atoms with Crippen LogP contribution in [0.25, 0.3) is 22.3 Å². The van der Waals surface area contributed by atoms with Gasteiger partial charge in [0.15, 0.2) is 5.78 Å². The summed E-state index contributed by atoms with van der Waals surface area (Å²) in [4.78, 5) is 31.7. The van der Waals surface area contributed by atoms with Gasteiger partial charge in [0.1, 0.15) is 5.60 Å². The first-order valence-corrected chi connectivity index (χ1v) is 16.2. The largest absolute Gasteiger partial charge is 0.377 e. The van der Waals surface area contributed by atoms with Crippen LogP contribution in [0.15, 0.2) is 29.1 Å². The molecule has 0 saturated carbocycles. The Morgan fingerprint density at radius 1 is 1.11 bits per heavy atom. The van der Waals surface area contributed by atoms with Crippen LogP contribution in [0.5, 0.6) is 0 Å². The summed E-state index contributed by atoms with van der Waals surface area (Å²) in [6.07, 6.45) is 0.843. The quantitative estimate of drug-likeness (QED) is 0.382. The minimum Gasteiger partial charge on any atom is -0.377 e. The van der Waals surface area contributed by atoms with Crippen LogP contribution < -0.4 is 10.7 Å². The molecule has 1 unspecified atom stereocenters. The Hall–Kier alpha value is -2.57. The van der Waals surface area contributed by atoms with E-state index in [1.807, 2.05) is 10.6 Å². The fourth-order valence-electron chi connectivity index (χ4n) is 5.93. The second-order valence-electron chi connectivity index (χ2n) is 12.6. The first-order valence-electron chi connectivity index (χ1n) is 13.2. The Balaban J connectivity index is 1.88. The molecule has 36 heavy (non-hydrogen) atoms. The number of nitrogens with zero attached hydrogens (tertiary/aromatic N) is 2. The van der Waals surface area contributed by atoms with Gasteiger partial charge in [0.05, 0.1) is 31.5 Å². The van der Waals surface area contributed by atoms with Gasteiger partial charge in [0, 0.05) is 22.9 Å². The number of Topliss-reactive ketones (excluding diaryl/α,β-unsaturated/α-hetero) is 1. The van der Waals surface area contributed by atoms with Gasteiger partial charge >= 0.3 is 0 Å². The number of hydrogen-bond acceptors (Lipinski definition) is 4. The summed E-state index contributed by atoms with van der Waals surface area (Å²) in [6, 6.07) is 8.48. The van der Waals surface area contributed by atoms with Crippen molar-refractivity contribution in [1.29, 1.82) is 0 Å². The van der Waals surface area contributed by atoms with Crippen molar-refractivity contribution in [1.82, 2.24) is 9.55 Å². The topological polar surface area (TPSA) is 72.2 Å². The number of carbonyl (C=O) groups is 1. The number of pyridine rings is 2. The molecule has 2 aliphatic rings. The molecule has 6 heteroatoms. The third kappa shape index (κ3) is 3.33. The molecule has 5 rings (SSSR count). The number of fused-ring (bicyclic) bond motifs is 5. The van der Waals surface area contributed by atoms with Crippen molar-refractivity contribution < 1.29 is 9.90 Å². The molecule has 3 heterocycles. The van der Waals surface area contributed by atoms with Crippen molar-refractivity contribution in [2.75, 3.05) is 0 Å². The number of aliphatic hydroxyl groups is 1. The number of hydrogen-bond donors (Lipinski definition) is 1. The highest BCUT2D eigenvalue weighted by molar-refractivity contribution is 6.94. The molecule has 1 N–H and O–H groups in total. The molecule has 2 aromatic heterocycles. The lowest BCUT2D eigenvalue weighted by Gasteiger charge is -2.39. The molecular formula is C30H38N2O3Si. The number of carbonyl (C=O) groups excluding carboxylic acids is 1. The zero-order chi connectivity index (χ0) is 26.4. The molecule has 1 aliphatic heterocycles. The molecule has 1 aliphatic carbocycles. The average Bonchev–Trinajstić information content (AvgIpc) is 3.17. The predicted molar refractivity (Wildman–Crippen MR) is 149 cm³/mol. The number of benzene rings is 1. The van der Waals surface area contributed by atoms with E-state index in [2.05, 4.69) is 65.9 Å². The lowest BCUT2D eigenvalue weighted by atomic mass is 9.77. The molecule has 0 fully saturated rings. The zero-order valence-electron chi connectivity index (χ0n) is 22.9. The number of rotatable bonds is 3. The van der Waals surface area contributed by atoms with Crippen molar-refractivity contribution in [3.05, 3.63) is 56.9 Å². The Morgan fingerprint density at radius 2 is 1.81 bits per heavy atom. The molecular weight excluding hydrogens is 464 g/mol. The summed E-state index contributed by atoms with van der Waals surface area (Å²) in [5, 5.41) is 14.0. The predicted octanol–water partition coefficient (Wildman–Crippen LogP) is 5.38. The zero-order valence-corrected chi connectivity index (χ0v) is 23.9. The highest BCUT2D eigenvalue weighted by Crippen LogP contribution is 2.43. The molecule has 0 amide bonds. The number of aromatic nitrogens is 2. The van der Waals surface area contributed by atoms with Gasteiger partial charge in [-0.15, -0.1) is 0 Å². The third-order valence-corrected chi connectivity index (χ3v) is 14.8. The normalized spacial score (nSPS) is 19.6. The van der Waals surface area contributed by atoms with Gasteiger partial charge in [-0.2, -0.15) is 0 Å². The maximum atomic E-state index is 13.8. The van der Waals surface area contributed by atoms with Gasteiger partial charge < -0.3 is 9.67 Å². The molecule has 0 radical (unpaired) electrons. The van der Waals surface area contributed by atoms with Gasteiger partial charge in [-0.1, -0.05) is 60.7 Å². The fourth-order valence-corrected chi connectivity index (χ4v) is 8.50. The van der Waals surface area contributed by atoms with E-state index in [0.29, 0.717) is 30.0 Å². The van der Waals surface area contributed by atoms with E-state index in [-0.39, 0.29) is 29.2 Å². The Kier molecular flexibility index (Phi) is 5.55. The van der Waals surface area contributed by atoms with Crippen LogP contribution in [0.1, 0.15) is 82.6 Å². The van der Waals surface area contributed by atoms with Crippen LogP contribution in [0.2, 0.25) is 18.1 Å². The lowest BCUT2D eigenvalue weighted by Crippen LogP contribution is -2.51. The molecule has 3 aromatic rings. The SMILES string of the molecule is CCC1(O)C(=O)CCc2c1cc1n(c2=O)Cc2c-1nc1ccc(C(C)C)cc1c2[Si](C)(C)C(C)(C)C. The maximum Gasteiger partial charge on any atom is 0.254 e. The van der Waals surface area contributed by atoms with Crippen LogP contribution in [-0.4, -0.2) is 28.5 Å². The van der Waals surface area contributed by atoms with Crippen LogP contribution in [0, 0.1) is 0 Å². The van der Waals surface area contributed by atoms with E-state index in [9.17, 15) is 14.7 Å². The first-order chi connectivity index (χ1) is 16.7. The summed E-state index contributed by atoms with van der Waals surface area (Å²) >= 11 is 0. The third-order valence-electron chi connectivity index (χ3n) is 9.26. The molecule has 0 bridgehead atoms. The smallest absolute Gasteiger partial charge is 0.254 e. The van der Waals surface area contributed by atoms with E-state index in [4.69, 9.17) is 4.98 Å². The lowest BCUT2D eigenvalue weighted by molar-refractivity contribution is -0.140. The molecule has 1 aromatic carbocycles. The minimum atomic E-state index is -2.05. The molecule has 1 atom stereocenters. The molecule has 190 valence electrons. The maximum absolute atomic E-state index is 13.8. The summed E-state index contributed by atoms with van der Waals surface area (Å²) in [5.41, 5.74) is 4.30. The summed E-state index contributed by atoms with van der Waals surface area (Å²) in [7, 11) is -2.05. The Bertz CT molecular complexity index is 1490. The Morgan fingerprint density at radius 3 is 2.42 bits per heavy atom. The van der Waals surface area contributed by atoms with E-state index in [1.54, 1.807) is 6.92 Å². The van der Waals surface area contributed by atoms with E-state index in [0.717, 1.165) is 22.5 Å². The van der Waals surface area contributed by atoms with E-state index < -0.39 is 13.7 Å². The molecule has 0 spiro atoms. The van der Waals surface area contributed by atoms with E-state index >= 15 is 0 Å². The van der Waals surface area contributed by atoms with Crippen molar-refractivity contribution in [3.63, 3.8) is 0 Å². The number of ketones is 1. The van der Waals surface area contributed by atoms with Gasteiger partial charge in [-0.05, 0) is 58.3 Å². The van der Waals surface area contributed by atoms with Gasteiger partial charge in [-0.25, -0.2) is 4.98 Å². The monoisotopic (exact) mass is 502 g/mol. The van der Waals surface area contributed by atoms with Crippen LogP contribution in [-0.2, 0) is 23.4 Å². The minimum absolute atomic E-state index is 0.0898. The average molecular weight is 503 g/mol. The van der Waals surface area contributed by atoms with Crippen molar-refractivity contribution in [2.45, 2.75) is 97.0 Å². The molecule has 0 saturated heterocycles. The van der Waals surface area contributed by atoms with Crippen LogP contribution >= 0.6 is 0 Å². The van der Waals surface area contributed by atoms with Gasteiger partial charge in [0.2, 0.25) is 0 Å². The highest BCUT2D eigenvalue weighted by Gasteiger charge is 2.45. The molecule has 5 nitrogen and oxygen atoms in total. The highest BCUT2D eigenvalue weighted by atomic mass is 28.3. The van der Waals surface area contributed by atoms with Crippen LogP contribution in [0.4, 0.5) is 0 Å². The van der Waals surface area contributed by atoms with Crippen molar-refractivity contribution in [2.24, 2.45) is 0 Å². The van der Waals surface area contributed by atoms with Crippen molar-refractivity contribution in [3.8, 4) is 11.4 Å². The van der Waals surface area contributed by atoms with Gasteiger partial charge in [-0.3, -0.25) is 9.59 Å². The van der Waals surface area contributed by atoms with E-state index in [1.165, 1.54) is 16.1 Å². The summed E-state index contributed by atoms with van der Waals surface area (Å²) < 4.78 is 1.83.